The summed E-state index contributed by atoms with van der Waals surface area (Å²) >= 11 is 5.31. The number of hydrogen-bond acceptors (Lipinski definition) is 4. The van der Waals surface area contributed by atoms with E-state index < -0.39 is 0 Å². The van der Waals surface area contributed by atoms with Crippen LogP contribution in [-0.4, -0.2) is 19.1 Å². The number of halogens is 1. The molecule has 5 heteroatoms. The van der Waals surface area contributed by atoms with Crippen LogP contribution in [0.5, 0.6) is 5.75 Å². The third-order valence-corrected chi connectivity index (χ3v) is 5.43. The van der Waals surface area contributed by atoms with Crippen LogP contribution in [0.15, 0.2) is 22.7 Å². The molecule has 1 aliphatic carbocycles. The molecule has 20 heavy (non-hydrogen) atoms. The zero-order valence-electron chi connectivity index (χ0n) is 11.6. The van der Waals surface area contributed by atoms with Crippen molar-refractivity contribution in [3.63, 3.8) is 0 Å². The molecule has 2 aromatic rings. The van der Waals surface area contributed by atoms with Crippen molar-refractivity contribution in [1.82, 2.24) is 10.3 Å². The summed E-state index contributed by atoms with van der Waals surface area (Å²) in [5.41, 5.74) is 2.31. The highest BCUT2D eigenvalue weighted by Crippen LogP contribution is 2.41. The van der Waals surface area contributed by atoms with E-state index in [1.807, 2.05) is 19.2 Å². The monoisotopic (exact) mass is 352 g/mol. The van der Waals surface area contributed by atoms with Crippen LogP contribution in [0.3, 0.4) is 0 Å². The Bertz CT molecular complexity index is 626. The Morgan fingerprint density at radius 1 is 1.45 bits per heavy atom. The van der Waals surface area contributed by atoms with Crippen LogP contribution in [0.1, 0.15) is 29.5 Å². The topological polar surface area (TPSA) is 34.2 Å². The van der Waals surface area contributed by atoms with Gasteiger partial charge in [-0.25, -0.2) is 4.98 Å². The summed E-state index contributed by atoms with van der Waals surface area (Å²) < 4.78 is 6.52. The van der Waals surface area contributed by atoms with Gasteiger partial charge in [-0.3, -0.25) is 0 Å². The molecule has 1 aliphatic rings. The summed E-state index contributed by atoms with van der Waals surface area (Å²) in [5.74, 6) is 0.875. The zero-order chi connectivity index (χ0) is 14.1. The van der Waals surface area contributed by atoms with Gasteiger partial charge in [0.05, 0.1) is 18.4 Å². The second-order valence-corrected chi connectivity index (χ2v) is 6.85. The van der Waals surface area contributed by atoms with Crippen molar-refractivity contribution >= 4 is 27.3 Å². The molecule has 3 rings (SSSR count). The number of nitrogens with one attached hydrogen (secondary N) is 1. The highest BCUT2D eigenvalue weighted by atomic mass is 79.9. The fraction of sp³-hybridized carbons (Fsp3) is 0.400. The largest absolute Gasteiger partial charge is 0.496 e. The first-order valence-electron chi connectivity index (χ1n) is 6.73. The minimum atomic E-state index is 0.447. The Labute approximate surface area is 131 Å². The van der Waals surface area contributed by atoms with E-state index in [2.05, 4.69) is 27.3 Å². The number of fused-ring (bicyclic) bond motifs is 1. The number of benzene rings is 1. The molecular weight excluding hydrogens is 336 g/mol. The van der Waals surface area contributed by atoms with Crippen LogP contribution < -0.4 is 10.1 Å². The number of thiazole rings is 1. The molecule has 1 unspecified atom stereocenters. The van der Waals surface area contributed by atoms with Crippen molar-refractivity contribution in [1.29, 1.82) is 0 Å². The molecule has 1 heterocycles. The fourth-order valence-electron chi connectivity index (χ4n) is 2.66. The number of methoxy groups -OCH3 is 1. The minimum absolute atomic E-state index is 0.447. The predicted molar refractivity (Wildman–Crippen MR) is 86.5 cm³/mol. The molecule has 1 aromatic heterocycles. The normalized spacial score (nSPS) is 17.9. The van der Waals surface area contributed by atoms with E-state index in [-0.39, 0.29) is 0 Å². The lowest BCUT2D eigenvalue weighted by Gasteiger charge is -2.19. The Kier molecular flexibility index (Phi) is 4.10. The lowest BCUT2D eigenvalue weighted by molar-refractivity contribution is 0.416. The second-order valence-electron chi connectivity index (χ2n) is 4.91. The van der Waals surface area contributed by atoms with Gasteiger partial charge in [-0.05, 0) is 44.5 Å². The Morgan fingerprint density at radius 3 is 3.05 bits per heavy atom. The summed E-state index contributed by atoms with van der Waals surface area (Å²) in [4.78, 5) is 6.23. The van der Waals surface area contributed by atoms with Crippen molar-refractivity contribution in [3.8, 4) is 16.3 Å². The number of hydrogen-bond donors (Lipinski definition) is 1. The van der Waals surface area contributed by atoms with Crippen molar-refractivity contribution in [3.05, 3.63) is 33.2 Å². The van der Waals surface area contributed by atoms with E-state index in [1.165, 1.54) is 23.4 Å². The molecule has 1 N–H and O–H groups in total. The van der Waals surface area contributed by atoms with E-state index >= 15 is 0 Å². The van der Waals surface area contributed by atoms with Crippen LogP contribution in [0.2, 0.25) is 0 Å². The maximum absolute atomic E-state index is 5.47. The van der Waals surface area contributed by atoms with Crippen molar-refractivity contribution < 1.29 is 4.74 Å². The summed E-state index contributed by atoms with van der Waals surface area (Å²) in [6.07, 6.45) is 3.48. The van der Waals surface area contributed by atoms with Gasteiger partial charge in [-0.2, -0.15) is 0 Å². The maximum atomic E-state index is 5.47. The number of ether oxygens (including phenoxy) is 1. The Morgan fingerprint density at radius 2 is 2.30 bits per heavy atom. The lowest BCUT2D eigenvalue weighted by atomic mass is 9.98. The van der Waals surface area contributed by atoms with E-state index in [1.54, 1.807) is 18.4 Å². The second kappa shape index (κ2) is 5.84. The van der Waals surface area contributed by atoms with Gasteiger partial charge in [0.1, 0.15) is 10.8 Å². The molecule has 0 amide bonds. The van der Waals surface area contributed by atoms with Crippen molar-refractivity contribution in [2.75, 3.05) is 14.2 Å². The van der Waals surface area contributed by atoms with E-state index in [9.17, 15) is 0 Å². The summed E-state index contributed by atoms with van der Waals surface area (Å²) in [6, 6.07) is 6.50. The smallest absolute Gasteiger partial charge is 0.129 e. The number of aryl methyl sites for hydroxylation is 1. The molecule has 0 bridgehead atoms. The molecule has 0 radical (unpaired) electrons. The first-order chi connectivity index (χ1) is 9.72. The SMILES string of the molecule is CNC1CCCc2nc(-c3cc(Br)ccc3OC)sc21. The maximum Gasteiger partial charge on any atom is 0.129 e. The average Bonchev–Trinajstić information content (AvgIpc) is 2.90. The van der Waals surface area contributed by atoms with Gasteiger partial charge >= 0.3 is 0 Å². The first-order valence-corrected chi connectivity index (χ1v) is 8.34. The Balaban J connectivity index is 2.07. The van der Waals surface area contributed by atoms with Crippen LogP contribution in [0.4, 0.5) is 0 Å². The third-order valence-electron chi connectivity index (χ3n) is 3.69. The predicted octanol–water partition coefficient (Wildman–Crippen LogP) is 4.18. The van der Waals surface area contributed by atoms with Crippen LogP contribution in [-0.2, 0) is 6.42 Å². The molecule has 0 fully saturated rings. The standard InChI is InChI=1S/C15H17BrN2OS/c1-17-11-4-3-5-12-14(11)20-15(18-12)10-8-9(16)6-7-13(10)19-2/h6-8,11,17H,3-5H2,1-2H3. The Hall–Kier alpha value is -0.910. The van der Waals surface area contributed by atoms with Crippen LogP contribution >= 0.6 is 27.3 Å². The minimum Gasteiger partial charge on any atom is -0.496 e. The molecule has 0 saturated carbocycles. The van der Waals surface area contributed by atoms with Gasteiger partial charge in [0.25, 0.3) is 0 Å². The zero-order valence-corrected chi connectivity index (χ0v) is 14.0. The molecular formula is C15H17BrN2OS. The molecule has 106 valence electrons. The highest BCUT2D eigenvalue weighted by Gasteiger charge is 2.24. The van der Waals surface area contributed by atoms with Gasteiger partial charge in [0, 0.05) is 15.4 Å². The molecule has 1 aromatic carbocycles. The van der Waals surface area contributed by atoms with Gasteiger partial charge in [0.15, 0.2) is 0 Å². The molecule has 0 aliphatic heterocycles. The molecule has 0 saturated heterocycles. The fourth-order valence-corrected chi connectivity index (χ4v) is 4.30. The van der Waals surface area contributed by atoms with Gasteiger partial charge in [0.2, 0.25) is 0 Å². The van der Waals surface area contributed by atoms with E-state index in [4.69, 9.17) is 9.72 Å². The molecule has 0 spiro atoms. The summed E-state index contributed by atoms with van der Waals surface area (Å²) in [6.45, 7) is 0. The number of nitrogens with zero attached hydrogens (tertiary/aromatic N) is 1. The lowest BCUT2D eigenvalue weighted by Crippen LogP contribution is -2.19. The number of rotatable bonds is 3. The summed E-state index contributed by atoms with van der Waals surface area (Å²) in [7, 11) is 3.73. The van der Waals surface area contributed by atoms with Crippen LogP contribution in [0.25, 0.3) is 10.6 Å². The number of aromatic nitrogens is 1. The van der Waals surface area contributed by atoms with Gasteiger partial charge in [-0.15, -0.1) is 11.3 Å². The molecule has 3 nitrogen and oxygen atoms in total. The molecule has 1 atom stereocenters. The van der Waals surface area contributed by atoms with E-state index in [0.29, 0.717) is 6.04 Å². The van der Waals surface area contributed by atoms with E-state index in [0.717, 1.165) is 27.2 Å². The first kappa shape index (κ1) is 14.0. The quantitative estimate of drug-likeness (QED) is 0.899. The van der Waals surface area contributed by atoms with Crippen LogP contribution in [0, 0.1) is 0 Å². The average molecular weight is 353 g/mol. The van der Waals surface area contributed by atoms with Crippen molar-refractivity contribution in [2.24, 2.45) is 0 Å². The van der Waals surface area contributed by atoms with Gasteiger partial charge < -0.3 is 10.1 Å². The summed E-state index contributed by atoms with van der Waals surface area (Å²) in [5, 5.41) is 4.45. The highest BCUT2D eigenvalue weighted by molar-refractivity contribution is 9.10. The van der Waals surface area contributed by atoms with Crippen molar-refractivity contribution in [2.45, 2.75) is 25.3 Å². The third kappa shape index (κ3) is 2.50. The van der Waals surface area contributed by atoms with Gasteiger partial charge in [-0.1, -0.05) is 15.9 Å².